The molecule has 0 fully saturated rings. The van der Waals surface area contributed by atoms with E-state index in [1.54, 1.807) is 6.20 Å². The lowest BCUT2D eigenvalue weighted by molar-refractivity contribution is 0.811. The van der Waals surface area contributed by atoms with Gasteiger partial charge in [-0.3, -0.25) is 4.98 Å². The van der Waals surface area contributed by atoms with Crippen LogP contribution in [0.1, 0.15) is 25.5 Å². The van der Waals surface area contributed by atoms with E-state index in [0.29, 0.717) is 11.6 Å². The van der Waals surface area contributed by atoms with E-state index in [1.807, 2.05) is 30.3 Å². The molecule has 0 amide bonds. The van der Waals surface area contributed by atoms with Crippen LogP contribution in [0, 0.1) is 0 Å². The van der Waals surface area contributed by atoms with Crippen molar-refractivity contribution >= 4 is 32.7 Å². The Kier molecular flexibility index (Phi) is 3.59. The topological polar surface area (TPSA) is 64.7 Å². The third-order valence-electron chi connectivity index (χ3n) is 3.32. The maximum absolute atomic E-state index is 6.02. The van der Waals surface area contributed by atoms with E-state index in [0.717, 1.165) is 26.6 Å². The molecule has 21 heavy (non-hydrogen) atoms. The van der Waals surface area contributed by atoms with Crippen LogP contribution in [0.2, 0.25) is 0 Å². The predicted octanol–water partition coefficient (Wildman–Crippen LogP) is 4.16. The predicted molar refractivity (Wildman–Crippen MR) is 89.0 cm³/mol. The Labute approximate surface area is 131 Å². The van der Waals surface area contributed by atoms with Crippen molar-refractivity contribution in [2.24, 2.45) is 0 Å². The second-order valence-corrected chi connectivity index (χ2v) is 5.96. The summed E-state index contributed by atoms with van der Waals surface area (Å²) >= 11 is 3.47. The van der Waals surface area contributed by atoms with Gasteiger partial charge < -0.3 is 5.73 Å². The largest absolute Gasteiger partial charge is 0.383 e. The molecule has 0 saturated heterocycles. The Hall–Kier alpha value is -2.01. The lowest BCUT2D eigenvalue weighted by Crippen LogP contribution is -2.04. The Balaban J connectivity index is 2.28. The highest BCUT2D eigenvalue weighted by Crippen LogP contribution is 2.31. The van der Waals surface area contributed by atoms with Crippen LogP contribution < -0.4 is 5.73 Å². The fourth-order valence-corrected chi connectivity index (χ4v) is 2.91. The molecule has 5 heteroatoms. The lowest BCUT2D eigenvalue weighted by Gasteiger charge is -2.12. The van der Waals surface area contributed by atoms with Gasteiger partial charge in [0, 0.05) is 17.1 Å². The van der Waals surface area contributed by atoms with Crippen LogP contribution in [0.3, 0.4) is 0 Å². The van der Waals surface area contributed by atoms with E-state index in [1.165, 1.54) is 0 Å². The van der Waals surface area contributed by atoms with E-state index < -0.39 is 0 Å². The molecule has 3 rings (SSSR count). The molecule has 3 aromatic rings. The molecule has 0 saturated carbocycles. The molecule has 2 heterocycles. The molecule has 0 aliphatic rings. The van der Waals surface area contributed by atoms with E-state index in [4.69, 9.17) is 5.73 Å². The number of nitrogen functional groups attached to an aromatic ring is 1. The second kappa shape index (κ2) is 5.41. The number of para-hydroxylation sites is 1. The molecule has 1 aromatic carbocycles. The highest BCUT2D eigenvalue weighted by molar-refractivity contribution is 9.10. The maximum atomic E-state index is 6.02. The molecule has 2 N–H and O–H groups in total. The standard InChI is InChI=1S/C16H15BrN4/c1-9(2)13-12(17)15(18)21-16(20-13)11-7-3-5-10-6-4-8-19-14(10)11/h3-9H,1-2H3,(H2,18,20,21). The first-order valence-corrected chi connectivity index (χ1v) is 7.54. The minimum absolute atomic E-state index is 0.256. The molecule has 0 aliphatic carbocycles. The Morgan fingerprint density at radius 1 is 1.10 bits per heavy atom. The number of nitrogens with two attached hydrogens (primary N) is 1. The molecular formula is C16H15BrN4. The van der Waals surface area contributed by atoms with Gasteiger partial charge in [0.15, 0.2) is 5.82 Å². The number of fused-ring (bicyclic) bond motifs is 1. The molecule has 106 valence electrons. The second-order valence-electron chi connectivity index (χ2n) is 5.17. The van der Waals surface area contributed by atoms with Gasteiger partial charge in [0.25, 0.3) is 0 Å². The molecule has 0 spiro atoms. The van der Waals surface area contributed by atoms with E-state index in [-0.39, 0.29) is 5.92 Å². The van der Waals surface area contributed by atoms with Crippen molar-refractivity contribution in [3.05, 3.63) is 46.7 Å². The third-order valence-corrected chi connectivity index (χ3v) is 4.14. The lowest BCUT2D eigenvalue weighted by atomic mass is 10.1. The van der Waals surface area contributed by atoms with Gasteiger partial charge >= 0.3 is 0 Å². The fourth-order valence-electron chi connectivity index (χ4n) is 2.27. The minimum Gasteiger partial charge on any atom is -0.383 e. The van der Waals surface area contributed by atoms with Gasteiger partial charge in [-0.2, -0.15) is 0 Å². The number of anilines is 1. The number of aromatic nitrogens is 3. The highest BCUT2D eigenvalue weighted by atomic mass is 79.9. The molecular weight excluding hydrogens is 328 g/mol. The smallest absolute Gasteiger partial charge is 0.164 e. The normalized spacial score (nSPS) is 11.2. The summed E-state index contributed by atoms with van der Waals surface area (Å²) in [7, 11) is 0. The maximum Gasteiger partial charge on any atom is 0.164 e. The van der Waals surface area contributed by atoms with Gasteiger partial charge in [0.2, 0.25) is 0 Å². The van der Waals surface area contributed by atoms with Gasteiger partial charge in [-0.05, 0) is 34.0 Å². The number of rotatable bonds is 2. The van der Waals surface area contributed by atoms with Crippen molar-refractivity contribution in [1.82, 2.24) is 15.0 Å². The third kappa shape index (κ3) is 2.49. The number of pyridine rings is 1. The summed E-state index contributed by atoms with van der Waals surface area (Å²) in [6.07, 6.45) is 1.78. The molecule has 2 aromatic heterocycles. The summed E-state index contributed by atoms with van der Waals surface area (Å²) in [4.78, 5) is 13.5. The van der Waals surface area contributed by atoms with Crippen molar-refractivity contribution in [1.29, 1.82) is 0 Å². The van der Waals surface area contributed by atoms with Crippen molar-refractivity contribution in [3.63, 3.8) is 0 Å². The van der Waals surface area contributed by atoms with E-state index in [9.17, 15) is 0 Å². The van der Waals surface area contributed by atoms with Gasteiger partial charge in [0.05, 0.1) is 15.7 Å². The molecule has 0 radical (unpaired) electrons. The van der Waals surface area contributed by atoms with Crippen molar-refractivity contribution < 1.29 is 0 Å². The number of benzene rings is 1. The zero-order chi connectivity index (χ0) is 15.0. The number of nitrogens with zero attached hydrogens (tertiary/aromatic N) is 3. The quantitative estimate of drug-likeness (QED) is 0.759. The highest BCUT2D eigenvalue weighted by Gasteiger charge is 2.15. The van der Waals surface area contributed by atoms with Crippen molar-refractivity contribution in [2.45, 2.75) is 19.8 Å². The zero-order valence-corrected chi connectivity index (χ0v) is 13.4. The van der Waals surface area contributed by atoms with E-state index in [2.05, 4.69) is 44.7 Å². The van der Waals surface area contributed by atoms with Gasteiger partial charge in [-0.15, -0.1) is 0 Å². The monoisotopic (exact) mass is 342 g/mol. The minimum atomic E-state index is 0.256. The van der Waals surface area contributed by atoms with Crippen LogP contribution in [-0.4, -0.2) is 15.0 Å². The summed E-state index contributed by atoms with van der Waals surface area (Å²) in [5.74, 6) is 1.33. The summed E-state index contributed by atoms with van der Waals surface area (Å²) in [5.41, 5.74) is 8.71. The van der Waals surface area contributed by atoms with Crippen LogP contribution in [0.5, 0.6) is 0 Å². The fraction of sp³-hybridized carbons (Fsp3) is 0.188. The van der Waals surface area contributed by atoms with Crippen LogP contribution in [0.15, 0.2) is 41.0 Å². The van der Waals surface area contributed by atoms with Crippen LogP contribution in [-0.2, 0) is 0 Å². The summed E-state index contributed by atoms with van der Waals surface area (Å²) in [6, 6.07) is 9.93. The molecule has 0 aliphatic heterocycles. The molecule has 0 unspecified atom stereocenters. The van der Waals surface area contributed by atoms with Gasteiger partial charge in [-0.1, -0.05) is 32.0 Å². The molecule has 0 bridgehead atoms. The van der Waals surface area contributed by atoms with E-state index >= 15 is 0 Å². The summed E-state index contributed by atoms with van der Waals surface area (Å²) < 4.78 is 0.773. The van der Waals surface area contributed by atoms with Gasteiger partial charge in [0.1, 0.15) is 5.82 Å². The van der Waals surface area contributed by atoms with Crippen LogP contribution in [0.25, 0.3) is 22.3 Å². The average Bonchev–Trinajstić information content (AvgIpc) is 2.49. The number of halogens is 1. The summed E-state index contributed by atoms with van der Waals surface area (Å²) in [5, 5.41) is 1.06. The van der Waals surface area contributed by atoms with Gasteiger partial charge in [-0.25, -0.2) is 9.97 Å². The van der Waals surface area contributed by atoms with Crippen molar-refractivity contribution in [2.75, 3.05) is 5.73 Å². The zero-order valence-electron chi connectivity index (χ0n) is 11.8. The molecule has 0 atom stereocenters. The van der Waals surface area contributed by atoms with Crippen LogP contribution in [0.4, 0.5) is 5.82 Å². The number of hydrogen-bond acceptors (Lipinski definition) is 4. The number of hydrogen-bond donors (Lipinski definition) is 1. The summed E-state index contributed by atoms with van der Waals surface area (Å²) in [6.45, 7) is 4.16. The Bertz CT molecular complexity index is 809. The van der Waals surface area contributed by atoms with Crippen LogP contribution >= 0.6 is 15.9 Å². The molecule has 4 nitrogen and oxygen atoms in total. The Morgan fingerprint density at radius 3 is 2.62 bits per heavy atom. The first kappa shape index (κ1) is 13.9. The first-order chi connectivity index (χ1) is 10.1. The first-order valence-electron chi connectivity index (χ1n) is 6.75. The van der Waals surface area contributed by atoms with Crippen molar-refractivity contribution in [3.8, 4) is 11.4 Å². The average molecular weight is 343 g/mol. The Morgan fingerprint density at radius 2 is 1.86 bits per heavy atom. The SMILES string of the molecule is CC(C)c1nc(-c2cccc3cccnc23)nc(N)c1Br.